The van der Waals surface area contributed by atoms with Gasteiger partial charge in [0.25, 0.3) is 0 Å². The number of nitrogens with zero attached hydrogens (tertiary/aromatic N) is 1. The number of hydrogen-bond acceptors (Lipinski definition) is 3. The number of benzene rings is 1. The van der Waals surface area contributed by atoms with Crippen molar-refractivity contribution >= 4 is 5.90 Å². The number of aliphatic imine (C=N–C) groups is 1. The lowest BCUT2D eigenvalue weighted by Crippen LogP contribution is -2.17. The van der Waals surface area contributed by atoms with Crippen molar-refractivity contribution in [3.63, 3.8) is 0 Å². The minimum Gasteiger partial charge on any atom is -0.475 e. The van der Waals surface area contributed by atoms with Crippen LogP contribution in [0.3, 0.4) is 0 Å². The maximum Gasteiger partial charge on any atom is 0.216 e. The monoisotopic (exact) mass is 233 g/mol. The van der Waals surface area contributed by atoms with Crippen molar-refractivity contribution < 1.29 is 9.84 Å². The van der Waals surface area contributed by atoms with E-state index in [1.165, 1.54) is 0 Å². The van der Waals surface area contributed by atoms with Crippen LogP contribution in [0.2, 0.25) is 0 Å². The van der Waals surface area contributed by atoms with Gasteiger partial charge in [0.2, 0.25) is 5.90 Å². The van der Waals surface area contributed by atoms with E-state index in [1.807, 2.05) is 38.1 Å². The summed E-state index contributed by atoms with van der Waals surface area (Å²) < 4.78 is 5.57. The predicted molar refractivity (Wildman–Crippen MR) is 68.3 cm³/mol. The molecule has 1 heterocycles. The molecule has 0 atom stereocenters. The van der Waals surface area contributed by atoms with Crippen LogP contribution in [0.5, 0.6) is 0 Å². The molecule has 1 N–H and O–H groups in total. The lowest BCUT2D eigenvalue weighted by atomic mass is 9.97. The third-order valence-corrected chi connectivity index (χ3v) is 2.80. The topological polar surface area (TPSA) is 41.8 Å². The van der Waals surface area contributed by atoms with E-state index in [2.05, 4.69) is 4.99 Å². The Morgan fingerprint density at radius 3 is 2.24 bits per heavy atom. The quantitative estimate of drug-likeness (QED) is 0.852. The molecule has 0 aromatic heterocycles. The van der Waals surface area contributed by atoms with Crippen LogP contribution in [0.1, 0.15) is 38.8 Å². The Morgan fingerprint density at radius 2 is 1.82 bits per heavy atom. The van der Waals surface area contributed by atoms with Gasteiger partial charge in [0, 0.05) is 5.56 Å². The fourth-order valence-corrected chi connectivity index (χ4v) is 1.75. The van der Waals surface area contributed by atoms with Gasteiger partial charge >= 0.3 is 0 Å². The molecule has 2 rings (SSSR count). The van der Waals surface area contributed by atoms with Gasteiger partial charge in [-0.1, -0.05) is 12.1 Å². The molecule has 3 heteroatoms. The lowest BCUT2D eigenvalue weighted by molar-refractivity contribution is 0.0786. The van der Waals surface area contributed by atoms with Crippen molar-refractivity contribution in [2.45, 2.75) is 38.8 Å². The van der Waals surface area contributed by atoms with Gasteiger partial charge in [-0.2, -0.15) is 0 Å². The van der Waals surface area contributed by atoms with E-state index in [0.717, 1.165) is 11.1 Å². The molecule has 0 fully saturated rings. The summed E-state index contributed by atoms with van der Waals surface area (Å²) >= 11 is 0. The molecule has 0 aliphatic carbocycles. The molecule has 0 saturated heterocycles. The highest BCUT2D eigenvalue weighted by atomic mass is 16.5. The van der Waals surface area contributed by atoms with Crippen molar-refractivity contribution in [1.82, 2.24) is 0 Å². The number of ether oxygens (including phenoxy) is 1. The summed E-state index contributed by atoms with van der Waals surface area (Å²) in [6.07, 6.45) is 0. The van der Waals surface area contributed by atoms with E-state index in [9.17, 15) is 5.11 Å². The number of rotatable bonds is 2. The van der Waals surface area contributed by atoms with Crippen LogP contribution in [0.4, 0.5) is 0 Å². The molecule has 0 saturated carbocycles. The van der Waals surface area contributed by atoms with E-state index in [4.69, 9.17) is 4.74 Å². The summed E-state index contributed by atoms with van der Waals surface area (Å²) in [5, 5.41) is 9.87. The summed E-state index contributed by atoms with van der Waals surface area (Å²) in [5.74, 6) is 0.692. The summed E-state index contributed by atoms with van der Waals surface area (Å²) in [6, 6.07) is 7.69. The smallest absolute Gasteiger partial charge is 0.216 e. The van der Waals surface area contributed by atoms with E-state index in [1.54, 1.807) is 13.8 Å². The average Bonchev–Trinajstić information content (AvgIpc) is 2.58. The van der Waals surface area contributed by atoms with Crippen LogP contribution < -0.4 is 0 Å². The molecule has 0 spiro atoms. The molecule has 3 nitrogen and oxygen atoms in total. The molecule has 92 valence electrons. The van der Waals surface area contributed by atoms with Gasteiger partial charge in [0.15, 0.2) is 0 Å². The highest BCUT2D eigenvalue weighted by Gasteiger charge is 2.27. The number of hydrogen-bond donors (Lipinski definition) is 1. The molecule has 0 bridgehead atoms. The Kier molecular flexibility index (Phi) is 2.74. The Balaban J connectivity index is 2.26. The van der Waals surface area contributed by atoms with E-state index >= 15 is 0 Å². The highest BCUT2D eigenvalue weighted by molar-refractivity contribution is 5.95. The number of aliphatic hydroxyl groups is 1. The van der Waals surface area contributed by atoms with Crippen molar-refractivity contribution in [2.24, 2.45) is 4.99 Å². The van der Waals surface area contributed by atoms with Crippen LogP contribution in [0.25, 0.3) is 0 Å². The first-order valence-corrected chi connectivity index (χ1v) is 5.84. The molecule has 0 unspecified atom stereocenters. The van der Waals surface area contributed by atoms with Gasteiger partial charge in [0.1, 0.15) is 6.61 Å². The van der Waals surface area contributed by atoms with Crippen molar-refractivity contribution in [1.29, 1.82) is 0 Å². The minimum absolute atomic E-state index is 0.135. The van der Waals surface area contributed by atoms with E-state index < -0.39 is 5.60 Å². The Bertz CT molecular complexity index is 438. The van der Waals surface area contributed by atoms with Gasteiger partial charge in [0.05, 0.1) is 11.1 Å². The molecule has 1 aromatic rings. The zero-order valence-corrected chi connectivity index (χ0v) is 10.8. The Labute approximate surface area is 102 Å². The molecule has 0 amide bonds. The van der Waals surface area contributed by atoms with Crippen LogP contribution in [-0.4, -0.2) is 23.2 Å². The first kappa shape index (κ1) is 12.1. The van der Waals surface area contributed by atoms with Gasteiger partial charge in [-0.15, -0.1) is 0 Å². The zero-order valence-electron chi connectivity index (χ0n) is 10.8. The molecular formula is C14H19NO2. The van der Waals surface area contributed by atoms with Crippen LogP contribution in [0.15, 0.2) is 29.3 Å². The van der Waals surface area contributed by atoms with Crippen LogP contribution in [-0.2, 0) is 10.3 Å². The minimum atomic E-state index is -0.809. The molecule has 1 aromatic carbocycles. The summed E-state index contributed by atoms with van der Waals surface area (Å²) in [6.45, 7) is 8.26. The van der Waals surface area contributed by atoms with Crippen molar-refractivity contribution in [3.05, 3.63) is 35.4 Å². The zero-order chi connectivity index (χ0) is 12.7. The predicted octanol–water partition coefficient (Wildman–Crippen LogP) is 2.47. The fraction of sp³-hybridized carbons (Fsp3) is 0.500. The van der Waals surface area contributed by atoms with Gasteiger partial charge in [-0.3, -0.25) is 0 Å². The standard InChI is InChI=1S/C14H19NO2/c1-13(2)9-17-12(15-13)10-5-7-11(8-6-10)14(3,4)16/h5-8,16H,9H2,1-4H3. The SMILES string of the molecule is CC1(C)COC(c2ccc(C(C)(C)O)cc2)=N1. The molecule has 1 aliphatic rings. The van der Waals surface area contributed by atoms with E-state index in [0.29, 0.717) is 12.5 Å². The second kappa shape index (κ2) is 3.84. The van der Waals surface area contributed by atoms with Crippen molar-refractivity contribution in [3.8, 4) is 0 Å². The molecule has 17 heavy (non-hydrogen) atoms. The molecular weight excluding hydrogens is 214 g/mol. The highest BCUT2D eigenvalue weighted by Crippen LogP contribution is 2.23. The average molecular weight is 233 g/mol. The van der Waals surface area contributed by atoms with Crippen molar-refractivity contribution in [2.75, 3.05) is 6.61 Å². The Hall–Kier alpha value is -1.35. The third-order valence-electron chi connectivity index (χ3n) is 2.80. The summed E-state index contributed by atoms with van der Waals surface area (Å²) in [5.41, 5.74) is 0.906. The largest absolute Gasteiger partial charge is 0.475 e. The van der Waals surface area contributed by atoms with Gasteiger partial charge in [-0.25, -0.2) is 4.99 Å². The second-order valence-electron chi connectivity index (χ2n) is 5.65. The summed E-state index contributed by atoms with van der Waals surface area (Å²) in [7, 11) is 0. The van der Waals surface area contributed by atoms with Gasteiger partial charge in [-0.05, 0) is 45.4 Å². The maximum absolute atomic E-state index is 9.87. The van der Waals surface area contributed by atoms with Crippen LogP contribution in [0, 0.1) is 0 Å². The first-order chi connectivity index (χ1) is 7.78. The Morgan fingerprint density at radius 1 is 1.24 bits per heavy atom. The van der Waals surface area contributed by atoms with E-state index in [-0.39, 0.29) is 5.54 Å². The van der Waals surface area contributed by atoms with Gasteiger partial charge < -0.3 is 9.84 Å². The molecule has 1 aliphatic heterocycles. The lowest BCUT2D eigenvalue weighted by Gasteiger charge is -2.17. The fourth-order valence-electron chi connectivity index (χ4n) is 1.75. The maximum atomic E-state index is 9.87. The second-order valence-corrected chi connectivity index (χ2v) is 5.65. The summed E-state index contributed by atoms with van der Waals surface area (Å²) in [4.78, 5) is 4.51. The third kappa shape index (κ3) is 2.67. The molecule has 0 radical (unpaired) electrons. The normalized spacial score (nSPS) is 18.8. The first-order valence-electron chi connectivity index (χ1n) is 5.84. The van der Waals surface area contributed by atoms with Crippen LogP contribution >= 0.6 is 0 Å².